The third kappa shape index (κ3) is 3.32. The predicted octanol–water partition coefficient (Wildman–Crippen LogP) is 0.825. The molecule has 0 saturated heterocycles. The van der Waals surface area contributed by atoms with Gasteiger partial charge in [0.1, 0.15) is 0 Å². The summed E-state index contributed by atoms with van der Waals surface area (Å²) in [5.74, 6) is 0.101. The van der Waals surface area contributed by atoms with Crippen molar-refractivity contribution in [2.75, 3.05) is 6.54 Å². The highest BCUT2D eigenvalue weighted by Gasteiger charge is 2.27. The van der Waals surface area contributed by atoms with E-state index in [4.69, 9.17) is 5.73 Å². The summed E-state index contributed by atoms with van der Waals surface area (Å²) in [6, 6.07) is 0.0331. The highest BCUT2D eigenvalue weighted by molar-refractivity contribution is 5.79. The molecule has 2 rings (SSSR count). The maximum atomic E-state index is 12.0. The van der Waals surface area contributed by atoms with Crippen LogP contribution < -0.4 is 11.1 Å². The minimum absolute atomic E-state index is 0.00175. The highest BCUT2D eigenvalue weighted by Crippen LogP contribution is 2.22. The molecule has 1 aliphatic carbocycles. The molecule has 0 bridgehead atoms. The van der Waals surface area contributed by atoms with Gasteiger partial charge in [-0.15, -0.1) is 0 Å². The molecule has 2 atom stereocenters. The molecule has 1 aliphatic rings. The summed E-state index contributed by atoms with van der Waals surface area (Å²) in [4.78, 5) is 12.0. The fraction of sp³-hybridized carbons (Fsp3) is 0.692. The number of nitrogens with two attached hydrogens (primary N) is 1. The van der Waals surface area contributed by atoms with E-state index in [1.807, 2.05) is 24.0 Å². The van der Waals surface area contributed by atoms with Crippen LogP contribution in [0, 0.1) is 12.8 Å². The zero-order valence-electron chi connectivity index (χ0n) is 10.9. The average molecular weight is 250 g/mol. The largest absolute Gasteiger partial charge is 0.354 e. The van der Waals surface area contributed by atoms with Crippen LogP contribution in [-0.2, 0) is 11.3 Å². The fourth-order valence-corrected chi connectivity index (χ4v) is 2.50. The van der Waals surface area contributed by atoms with Crippen LogP contribution in [-0.4, -0.2) is 28.3 Å². The van der Waals surface area contributed by atoms with Crippen molar-refractivity contribution in [2.24, 2.45) is 11.7 Å². The Balaban J connectivity index is 1.74. The van der Waals surface area contributed by atoms with Crippen molar-refractivity contribution in [2.45, 2.75) is 45.2 Å². The van der Waals surface area contributed by atoms with E-state index in [9.17, 15) is 4.79 Å². The van der Waals surface area contributed by atoms with Crippen LogP contribution in [0.4, 0.5) is 0 Å². The predicted molar refractivity (Wildman–Crippen MR) is 69.9 cm³/mol. The molecule has 0 aromatic carbocycles. The molecule has 0 aliphatic heterocycles. The zero-order valence-corrected chi connectivity index (χ0v) is 10.9. The van der Waals surface area contributed by atoms with Crippen LogP contribution >= 0.6 is 0 Å². The van der Waals surface area contributed by atoms with Crippen LogP contribution in [0.1, 0.15) is 31.2 Å². The number of hydrogen-bond donors (Lipinski definition) is 2. The SMILES string of the molecule is Cc1cnn(CCNC(=O)C2CCCCC2N)c1. The number of amides is 1. The highest BCUT2D eigenvalue weighted by atomic mass is 16.1. The lowest BCUT2D eigenvalue weighted by atomic mass is 9.84. The minimum Gasteiger partial charge on any atom is -0.354 e. The number of aryl methyl sites for hydroxylation is 1. The van der Waals surface area contributed by atoms with Gasteiger partial charge in [-0.05, 0) is 25.3 Å². The van der Waals surface area contributed by atoms with E-state index in [0.717, 1.165) is 31.2 Å². The molecule has 1 aromatic heterocycles. The monoisotopic (exact) mass is 250 g/mol. The zero-order chi connectivity index (χ0) is 13.0. The van der Waals surface area contributed by atoms with Gasteiger partial charge in [0.25, 0.3) is 0 Å². The van der Waals surface area contributed by atoms with E-state index in [1.54, 1.807) is 0 Å². The Morgan fingerprint density at radius 3 is 3.00 bits per heavy atom. The van der Waals surface area contributed by atoms with Gasteiger partial charge in [-0.2, -0.15) is 5.10 Å². The van der Waals surface area contributed by atoms with E-state index in [2.05, 4.69) is 10.4 Å². The average Bonchev–Trinajstić information content (AvgIpc) is 2.75. The first kappa shape index (κ1) is 13.1. The molecule has 0 radical (unpaired) electrons. The standard InChI is InChI=1S/C13H22N4O/c1-10-8-16-17(9-10)7-6-15-13(18)11-4-2-3-5-12(11)14/h8-9,11-12H,2-7,14H2,1H3,(H,15,18). The molecule has 1 aromatic rings. The van der Waals surface area contributed by atoms with Crippen molar-refractivity contribution in [3.63, 3.8) is 0 Å². The maximum Gasteiger partial charge on any atom is 0.224 e. The van der Waals surface area contributed by atoms with Crippen molar-refractivity contribution in [1.82, 2.24) is 15.1 Å². The van der Waals surface area contributed by atoms with Gasteiger partial charge in [-0.1, -0.05) is 12.8 Å². The quantitative estimate of drug-likeness (QED) is 0.831. The van der Waals surface area contributed by atoms with Crippen LogP contribution in [0.15, 0.2) is 12.4 Å². The molecule has 100 valence electrons. The normalized spacial score (nSPS) is 23.9. The Labute approximate surface area is 108 Å². The van der Waals surface area contributed by atoms with Gasteiger partial charge >= 0.3 is 0 Å². The second kappa shape index (κ2) is 6.00. The van der Waals surface area contributed by atoms with Gasteiger partial charge in [0.15, 0.2) is 0 Å². The van der Waals surface area contributed by atoms with Crippen molar-refractivity contribution in [1.29, 1.82) is 0 Å². The summed E-state index contributed by atoms with van der Waals surface area (Å²) in [7, 11) is 0. The van der Waals surface area contributed by atoms with Crippen molar-refractivity contribution < 1.29 is 4.79 Å². The molecular formula is C13H22N4O. The molecule has 3 N–H and O–H groups in total. The maximum absolute atomic E-state index is 12.0. The van der Waals surface area contributed by atoms with Crippen molar-refractivity contribution >= 4 is 5.91 Å². The third-order valence-corrected chi connectivity index (χ3v) is 3.56. The summed E-state index contributed by atoms with van der Waals surface area (Å²) in [5, 5.41) is 7.14. The van der Waals surface area contributed by atoms with E-state index in [-0.39, 0.29) is 17.9 Å². The molecule has 18 heavy (non-hydrogen) atoms. The van der Waals surface area contributed by atoms with Gasteiger partial charge in [-0.25, -0.2) is 0 Å². The number of carbonyl (C=O) groups excluding carboxylic acids is 1. The van der Waals surface area contributed by atoms with Gasteiger partial charge < -0.3 is 11.1 Å². The van der Waals surface area contributed by atoms with Gasteiger partial charge in [0.2, 0.25) is 5.91 Å². The van der Waals surface area contributed by atoms with E-state index < -0.39 is 0 Å². The van der Waals surface area contributed by atoms with Gasteiger partial charge in [0.05, 0.1) is 18.7 Å². The summed E-state index contributed by atoms with van der Waals surface area (Å²) >= 11 is 0. The fourth-order valence-electron chi connectivity index (χ4n) is 2.50. The lowest BCUT2D eigenvalue weighted by Crippen LogP contribution is -2.44. The third-order valence-electron chi connectivity index (χ3n) is 3.56. The molecule has 1 heterocycles. The Hall–Kier alpha value is -1.36. The van der Waals surface area contributed by atoms with E-state index in [0.29, 0.717) is 13.1 Å². The van der Waals surface area contributed by atoms with Gasteiger partial charge in [0, 0.05) is 18.8 Å². The van der Waals surface area contributed by atoms with Crippen LogP contribution in [0.2, 0.25) is 0 Å². The Bertz CT molecular complexity index is 401. The van der Waals surface area contributed by atoms with Crippen molar-refractivity contribution in [3.05, 3.63) is 18.0 Å². The minimum atomic E-state index is -0.00175. The lowest BCUT2D eigenvalue weighted by molar-refractivity contribution is -0.126. The molecular weight excluding hydrogens is 228 g/mol. The molecule has 5 heteroatoms. The topological polar surface area (TPSA) is 72.9 Å². The number of nitrogens with zero attached hydrogens (tertiary/aromatic N) is 2. The number of nitrogens with one attached hydrogen (secondary N) is 1. The summed E-state index contributed by atoms with van der Waals surface area (Å²) in [6.45, 7) is 3.33. The Morgan fingerprint density at radius 2 is 2.33 bits per heavy atom. The lowest BCUT2D eigenvalue weighted by Gasteiger charge is -2.27. The summed E-state index contributed by atoms with van der Waals surface area (Å²) < 4.78 is 1.84. The second-order valence-electron chi connectivity index (χ2n) is 5.13. The summed E-state index contributed by atoms with van der Waals surface area (Å²) in [5.41, 5.74) is 7.12. The first-order valence-corrected chi connectivity index (χ1v) is 6.69. The Morgan fingerprint density at radius 1 is 1.56 bits per heavy atom. The Kier molecular flexibility index (Phi) is 4.36. The number of rotatable bonds is 4. The number of aromatic nitrogens is 2. The van der Waals surface area contributed by atoms with Crippen LogP contribution in [0.25, 0.3) is 0 Å². The smallest absolute Gasteiger partial charge is 0.224 e. The van der Waals surface area contributed by atoms with E-state index in [1.165, 1.54) is 0 Å². The second-order valence-corrected chi connectivity index (χ2v) is 5.13. The molecule has 2 unspecified atom stereocenters. The molecule has 1 amide bonds. The van der Waals surface area contributed by atoms with Crippen LogP contribution in [0.5, 0.6) is 0 Å². The molecule has 1 fully saturated rings. The first-order chi connectivity index (χ1) is 8.66. The molecule has 5 nitrogen and oxygen atoms in total. The molecule has 0 spiro atoms. The summed E-state index contributed by atoms with van der Waals surface area (Å²) in [6.07, 6.45) is 7.95. The van der Waals surface area contributed by atoms with Crippen molar-refractivity contribution in [3.8, 4) is 0 Å². The number of hydrogen-bond acceptors (Lipinski definition) is 3. The van der Waals surface area contributed by atoms with Gasteiger partial charge in [-0.3, -0.25) is 9.48 Å². The number of carbonyl (C=O) groups is 1. The molecule has 1 saturated carbocycles. The van der Waals surface area contributed by atoms with E-state index >= 15 is 0 Å². The van der Waals surface area contributed by atoms with Crippen LogP contribution in [0.3, 0.4) is 0 Å². The first-order valence-electron chi connectivity index (χ1n) is 6.69.